The van der Waals surface area contributed by atoms with Gasteiger partial charge in [0, 0.05) is 12.8 Å². The van der Waals surface area contributed by atoms with E-state index < -0.39 is 0 Å². The third-order valence-corrected chi connectivity index (χ3v) is 11.2. The van der Waals surface area contributed by atoms with Gasteiger partial charge in [-0.15, -0.1) is 0 Å². The van der Waals surface area contributed by atoms with Gasteiger partial charge in [-0.1, -0.05) is 221 Å². The molecule has 0 rings (SSSR count). The number of allylic oxidation sites excluding steroid dienone is 2. The molecule has 0 bridgehead atoms. The average Bonchev–Trinajstić information content (AvgIpc) is 3.25. The predicted octanol–water partition coefficient (Wildman–Crippen LogP) is 16.8. The van der Waals surface area contributed by atoms with Gasteiger partial charge in [0.05, 0.1) is 26.4 Å². The van der Waals surface area contributed by atoms with Crippen LogP contribution >= 0.6 is 0 Å². The van der Waals surface area contributed by atoms with Gasteiger partial charge < -0.3 is 33.2 Å². The van der Waals surface area contributed by atoms with Crippen LogP contribution in [0.3, 0.4) is 0 Å². The predicted molar refractivity (Wildman–Crippen MR) is 252 cm³/mol. The Labute approximate surface area is 368 Å². The number of ether oxygens (including phenoxy) is 7. The van der Waals surface area contributed by atoms with E-state index in [1.54, 1.807) is 0 Å². The molecule has 7 heteroatoms. The monoisotopic (exact) mass is 839 g/mol. The third kappa shape index (κ3) is 40.4. The lowest BCUT2D eigenvalue weighted by Crippen LogP contribution is -2.14. The minimum absolute atomic E-state index is 0.118. The normalized spacial score (nSPS) is 12.4. The van der Waals surface area contributed by atoms with Crippen molar-refractivity contribution in [3.63, 3.8) is 0 Å². The zero-order valence-electron chi connectivity index (χ0n) is 40.6. The lowest BCUT2D eigenvalue weighted by Gasteiger charge is -2.18. The van der Waals surface area contributed by atoms with E-state index in [1.807, 2.05) is 0 Å². The van der Waals surface area contributed by atoms with Crippen LogP contribution < -0.4 is 0 Å². The van der Waals surface area contributed by atoms with E-state index in [2.05, 4.69) is 41.5 Å². The number of hydrogen-bond donors (Lipinski definition) is 0. The molecule has 7 nitrogen and oxygen atoms in total. The molecule has 0 amide bonds. The Morgan fingerprint density at radius 2 is 0.458 bits per heavy atom. The molecule has 352 valence electrons. The van der Waals surface area contributed by atoms with Crippen LogP contribution in [0, 0.1) is 0 Å². The topological polar surface area (TPSA) is 64.6 Å². The summed E-state index contributed by atoms with van der Waals surface area (Å²) < 4.78 is 43.1. The van der Waals surface area contributed by atoms with Crippen LogP contribution in [0.25, 0.3) is 0 Å². The van der Waals surface area contributed by atoms with Gasteiger partial charge in [0.25, 0.3) is 0 Å². The summed E-state index contributed by atoms with van der Waals surface area (Å²) in [4.78, 5) is 0. The lowest BCUT2D eigenvalue weighted by molar-refractivity contribution is -0.132. The van der Waals surface area contributed by atoms with Gasteiger partial charge in [-0.2, -0.15) is 0 Å². The molecule has 0 spiro atoms. The molecule has 0 fully saturated rings. The van der Waals surface area contributed by atoms with Crippen molar-refractivity contribution in [2.75, 3.05) is 53.2 Å². The standard InChI is InChI=1S/C52H102O7/c1-7-13-17-21-25-29-33-37-41-56-49(11-5)51(58-43-39-35-31-27-23-19-15-9-3)45-53-47-55-48-54-46-52(59-44-40-36-32-28-24-20-16-10-4)50(12-6)57-42-38-34-30-26-22-18-14-8-2/h7-48H2,1-6H3. The average molecular weight is 839 g/mol. The summed E-state index contributed by atoms with van der Waals surface area (Å²) in [5.74, 6) is 3.43. The van der Waals surface area contributed by atoms with Gasteiger partial charge in [0.2, 0.25) is 0 Å². The first kappa shape index (κ1) is 57.6. The van der Waals surface area contributed by atoms with Gasteiger partial charge in [0.1, 0.15) is 38.3 Å². The van der Waals surface area contributed by atoms with Crippen LogP contribution in [0.4, 0.5) is 0 Å². The first-order chi connectivity index (χ1) is 29.2. The zero-order chi connectivity index (χ0) is 43.0. The SMILES string of the molecule is CCCCCCCCCCOC(CC)=C(COCOCOCC(OCCCCCCCCCC)=C(CC)OCCCCCCCCCC)OCCCCCCCCCC. The van der Waals surface area contributed by atoms with Gasteiger partial charge in [-0.05, 0) is 25.7 Å². The largest absolute Gasteiger partial charge is 0.494 e. The van der Waals surface area contributed by atoms with Crippen LogP contribution in [-0.2, 0) is 33.2 Å². The van der Waals surface area contributed by atoms with E-state index in [-0.39, 0.29) is 13.6 Å². The second kappa shape index (κ2) is 49.2. The fourth-order valence-corrected chi connectivity index (χ4v) is 7.31. The summed E-state index contributed by atoms with van der Waals surface area (Å²) in [6, 6.07) is 0. The van der Waals surface area contributed by atoms with Crippen LogP contribution in [0.15, 0.2) is 23.0 Å². The van der Waals surface area contributed by atoms with Crippen molar-refractivity contribution in [2.45, 2.75) is 260 Å². The van der Waals surface area contributed by atoms with Crippen LogP contribution in [-0.4, -0.2) is 53.2 Å². The Hall–Kier alpha value is -1.44. The highest BCUT2D eigenvalue weighted by Gasteiger charge is 2.12. The molecule has 0 aliphatic carbocycles. The van der Waals surface area contributed by atoms with E-state index in [0.717, 1.165) is 74.8 Å². The molecule has 0 saturated heterocycles. The van der Waals surface area contributed by atoms with E-state index in [1.165, 1.54) is 180 Å². The summed E-state index contributed by atoms with van der Waals surface area (Å²) in [6.07, 6.45) is 42.6. The number of rotatable bonds is 50. The molecule has 0 radical (unpaired) electrons. The Morgan fingerprint density at radius 1 is 0.237 bits per heavy atom. The molecule has 0 saturated carbocycles. The minimum Gasteiger partial charge on any atom is -0.494 e. The first-order valence-electron chi connectivity index (χ1n) is 25.9. The second-order valence-electron chi connectivity index (χ2n) is 16.8. The summed E-state index contributed by atoms with van der Waals surface area (Å²) in [5, 5.41) is 0. The molecule has 0 N–H and O–H groups in total. The van der Waals surface area contributed by atoms with E-state index in [0.29, 0.717) is 26.4 Å². The molecular weight excluding hydrogens is 737 g/mol. The maximum absolute atomic E-state index is 6.33. The molecule has 0 aliphatic heterocycles. The number of unbranched alkanes of at least 4 members (excludes halogenated alkanes) is 28. The molecule has 0 atom stereocenters. The maximum atomic E-state index is 6.33. The Bertz CT molecular complexity index is 818. The van der Waals surface area contributed by atoms with Crippen molar-refractivity contribution in [3.05, 3.63) is 23.0 Å². The Morgan fingerprint density at radius 3 is 0.695 bits per heavy atom. The van der Waals surface area contributed by atoms with Crippen LogP contribution in [0.5, 0.6) is 0 Å². The highest BCUT2D eigenvalue weighted by molar-refractivity contribution is 5.02. The lowest BCUT2D eigenvalue weighted by atomic mass is 10.1. The molecule has 0 aromatic rings. The molecule has 0 aliphatic rings. The van der Waals surface area contributed by atoms with Gasteiger partial charge >= 0.3 is 0 Å². The van der Waals surface area contributed by atoms with Crippen molar-refractivity contribution in [3.8, 4) is 0 Å². The maximum Gasteiger partial charge on any atom is 0.159 e. The van der Waals surface area contributed by atoms with Crippen molar-refractivity contribution in [1.29, 1.82) is 0 Å². The molecule has 0 unspecified atom stereocenters. The first-order valence-corrected chi connectivity index (χ1v) is 25.9. The Kier molecular flexibility index (Phi) is 48.0. The van der Waals surface area contributed by atoms with Crippen LogP contribution in [0.1, 0.15) is 260 Å². The fraction of sp³-hybridized carbons (Fsp3) is 0.923. The summed E-state index contributed by atoms with van der Waals surface area (Å²) in [5.41, 5.74) is 0. The van der Waals surface area contributed by atoms with Crippen molar-refractivity contribution in [1.82, 2.24) is 0 Å². The van der Waals surface area contributed by atoms with Gasteiger partial charge in [-0.25, -0.2) is 0 Å². The molecule has 59 heavy (non-hydrogen) atoms. The van der Waals surface area contributed by atoms with E-state index in [4.69, 9.17) is 33.2 Å². The summed E-state index contributed by atoms with van der Waals surface area (Å²) in [7, 11) is 0. The minimum atomic E-state index is 0.118. The third-order valence-electron chi connectivity index (χ3n) is 11.2. The van der Waals surface area contributed by atoms with Gasteiger partial charge in [0.15, 0.2) is 11.5 Å². The Balaban J connectivity index is 4.99. The van der Waals surface area contributed by atoms with E-state index >= 15 is 0 Å². The fourth-order valence-electron chi connectivity index (χ4n) is 7.31. The van der Waals surface area contributed by atoms with E-state index in [9.17, 15) is 0 Å². The van der Waals surface area contributed by atoms with Crippen molar-refractivity contribution in [2.24, 2.45) is 0 Å². The molecule has 0 aromatic heterocycles. The molecular formula is C52H102O7. The van der Waals surface area contributed by atoms with Gasteiger partial charge in [-0.3, -0.25) is 0 Å². The van der Waals surface area contributed by atoms with Crippen molar-refractivity contribution >= 4 is 0 Å². The zero-order valence-corrected chi connectivity index (χ0v) is 40.6. The second-order valence-corrected chi connectivity index (χ2v) is 16.8. The summed E-state index contributed by atoms with van der Waals surface area (Å²) in [6.45, 7) is 17.1. The smallest absolute Gasteiger partial charge is 0.159 e. The number of hydrogen-bond acceptors (Lipinski definition) is 7. The van der Waals surface area contributed by atoms with Crippen LogP contribution in [0.2, 0.25) is 0 Å². The highest BCUT2D eigenvalue weighted by atomic mass is 16.7. The van der Waals surface area contributed by atoms with Crippen molar-refractivity contribution < 1.29 is 33.2 Å². The molecule has 0 aromatic carbocycles. The quantitative estimate of drug-likeness (QED) is 0.0343. The molecule has 0 heterocycles. The highest BCUT2D eigenvalue weighted by Crippen LogP contribution is 2.19. The summed E-state index contributed by atoms with van der Waals surface area (Å²) >= 11 is 0.